The van der Waals surface area contributed by atoms with Gasteiger partial charge in [0.15, 0.2) is 6.29 Å². The molecular weight excluding hydrogens is 164 g/mol. The summed E-state index contributed by atoms with van der Waals surface area (Å²) < 4.78 is 10.5. The lowest BCUT2D eigenvalue weighted by Crippen LogP contribution is -2.09. The van der Waals surface area contributed by atoms with Gasteiger partial charge in [0.2, 0.25) is 0 Å². The van der Waals surface area contributed by atoms with Gasteiger partial charge in [-0.15, -0.1) is 0 Å². The molecule has 1 rings (SSSR count). The standard InChI is InChI=1S/C9H12O2.C2H6/c1-3-5-8(4-2)9-10-6-7-11-9;1-2/h3-5,9H,1-2,6-7H2;1-2H3/b8-5+;. The van der Waals surface area contributed by atoms with E-state index in [9.17, 15) is 0 Å². The summed E-state index contributed by atoms with van der Waals surface area (Å²) in [5.74, 6) is 0. The van der Waals surface area contributed by atoms with E-state index in [1.807, 2.05) is 19.9 Å². The molecule has 0 aromatic heterocycles. The Bertz CT molecular complexity index is 177. The van der Waals surface area contributed by atoms with Crippen molar-refractivity contribution in [2.24, 2.45) is 0 Å². The molecule has 0 bridgehead atoms. The van der Waals surface area contributed by atoms with Crippen molar-refractivity contribution >= 4 is 0 Å². The van der Waals surface area contributed by atoms with Gasteiger partial charge in [-0.1, -0.05) is 45.2 Å². The van der Waals surface area contributed by atoms with Gasteiger partial charge in [-0.3, -0.25) is 0 Å². The van der Waals surface area contributed by atoms with Crippen molar-refractivity contribution < 1.29 is 9.47 Å². The summed E-state index contributed by atoms with van der Waals surface area (Å²) in [5.41, 5.74) is 0.928. The number of hydrogen-bond donors (Lipinski definition) is 0. The predicted octanol–water partition coefficient (Wildman–Crippen LogP) is 2.68. The van der Waals surface area contributed by atoms with Gasteiger partial charge >= 0.3 is 0 Å². The summed E-state index contributed by atoms with van der Waals surface area (Å²) in [6.45, 7) is 12.6. The van der Waals surface area contributed by atoms with Gasteiger partial charge < -0.3 is 9.47 Å². The van der Waals surface area contributed by atoms with Crippen LogP contribution in [0.1, 0.15) is 13.8 Å². The Morgan fingerprint density at radius 2 is 1.77 bits per heavy atom. The average Bonchev–Trinajstić information content (AvgIpc) is 2.70. The van der Waals surface area contributed by atoms with Gasteiger partial charge in [0.1, 0.15) is 0 Å². The van der Waals surface area contributed by atoms with Crippen LogP contribution in [0.15, 0.2) is 37.0 Å². The summed E-state index contributed by atoms with van der Waals surface area (Å²) in [4.78, 5) is 0. The van der Waals surface area contributed by atoms with Crippen LogP contribution in [0.25, 0.3) is 0 Å². The second-order valence-corrected chi connectivity index (χ2v) is 2.18. The second kappa shape index (κ2) is 7.77. The Balaban J connectivity index is 0.000000671. The maximum Gasteiger partial charge on any atom is 0.184 e. The van der Waals surface area contributed by atoms with E-state index in [2.05, 4.69) is 13.2 Å². The molecule has 0 N–H and O–H groups in total. The van der Waals surface area contributed by atoms with Crippen LogP contribution in [0.5, 0.6) is 0 Å². The third-order valence-electron chi connectivity index (χ3n) is 1.44. The minimum atomic E-state index is -0.231. The van der Waals surface area contributed by atoms with E-state index >= 15 is 0 Å². The first-order chi connectivity index (χ1) is 6.38. The van der Waals surface area contributed by atoms with Crippen LogP contribution in [0, 0.1) is 0 Å². The van der Waals surface area contributed by atoms with E-state index in [1.165, 1.54) is 0 Å². The fraction of sp³-hybridized carbons (Fsp3) is 0.455. The van der Waals surface area contributed by atoms with E-state index in [1.54, 1.807) is 12.2 Å². The highest BCUT2D eigenvalue weighted by molar-refractivity contribution is 5.23. The van der Waals surface area contributed by atoms with E-state index in [-0.39, 0.29) is 6.29 Å². The maximum absolute atomic E-state index is 5.25. The van der Waals surface area contributed by atoms with Crippen LogP contribution in [0.4, 0.5) is 0 Å². The molecule has 74 valence electrons. The molecule has 1 aliphatic heterocycles. The zero-order valence-corrected chi connectivity index (χ0v) is 8.45. The summed E-state index contributed by atoms with van der Waals surface area (Å²) in [6.07, 6.45) is 5.02. The van der Waals surface area contributed by atoms with E-state index in [4.69, 9.17) is 9.47 Å². The van der Waals surface area contributed by atoms with Gasteiger partial charge in [-0.25, -0.2) is 0 Å². The molecule has 0 unspecified atom stereocenters. The molecule has 13 heavy (non-hydrogen) atoms. The van der Waals surface area contributed by atoms with Gasteiger partial charge in [0, 0.05) is 5.57 Å². The SMILES string of the molecule is C=C/C=C(\C=C)C1OCCO1.CC. The van der Waals surface area contributed by atoms with Crippen molar-refractivity contribution in [2.75, 3.05) is 13.2 Å². The fourth-order valence-corrected chi connectivity index (χ4v) is 0.930. The lowest BCUT2D eigenvalue weighted by atomic mass is 10.2. The Labute approximate surface area is 80.5 Å². The smallest absolute Gasteiger partial charge is 0.184 e. The molecule has 2 nitrogen and oxygen atoms in total. The molecule has 0 aromatic rings. The summed E-state index contributed by atoms with van der Waals surface area (Å²) in [6, 6.07) is 0. The van der Waals surface area contributed by atoms with Crippen LogP contribution in [0.2, 0.25) is 0 Å². The summed E-state index contributed by atoms with van der Waals surface area (Å²) in [7, 11) is 0. The highest BCUT2D eigenvalue weighted by atomic mass is 16.7. The first-order valence-electron chi connectivity index (χ1n) is 4.56. The Kier molecular flexibility index (Phi) is 7.26. The molecule has 0 atom stereocenters. The van der Waals surface area contributed by atoms with E-state index < -0.39 is 0 Å². The molecule has 0 aliphatic carbocycles. The molecule has 1 aliphatic rings. The Hall–Kier alpha value is -0.860. The van der Waals surface area contributed by atoms with Gasteiger partial charge in [-0.05, 0) is 0 Å². The van der Waals surface area contributed by atoms with E-state index in [0.717, 1.165) is 5.57 Å². The third-order valence-corrected chi connectivity index (χ3v) is 1.44. The number of allylic oxidation sites excluding steroid dienone is 2. The topological polar surface area (TPSA) is 18.5 Å². The van der Waals surface area contributed by atoms with E-state index in [0.29, 0.717) is 13.2 Å². The zero-order valence-electron chi connectivity index (χ0n) is 8.45. The number of hydrogen-bond acceptors (Lipinski definition) is 2. The molecule has 0 radical (unpaired) electrons. The third kappa shape index (κ3) is 4.06. The molecular formula is C11H18O2. The van der Waals surface area contributed by atoms with Crippen molar-refractivity contribution in [3.63, 3.8) is 0 Å². The van der Waals surface area contributed by atoms with Gasteiger partial charge in [0.05, 0.1) is 13.2 Å². The first kappa shape index (κ1) is 12.1. The number of ether oxygens (including phenoxy) is 2. The molecule has 1 fully saturated rings. The minimum absolute atomic E-state index is 0.231. The van der Waals surface area contributed by atoms with Crippen molar-refractivity contribution in [1.82, 2.24) is 0 Å². The zero-order chi connectivity index (χ0) is 10.1. The van der Waals surface area contributed by atoms with Crippen molar-refractivity contribution in [1.29, 1.82) is 0 Å². The molecule has 2 heteroatoms. The lowest BCUT2D eigenvalue weighted by Gasteiger charge is -2.08. The van der Waals surface area contributed by atoms with Crippen LogP contribution in [-0.2, 0) is 9.47 Å². The fourth-order valence-electron chi connectivity index (χ4n) is 0.930. The molecule has 0 spiro atoms. The van der Waals surface area contributed by atoms with Crippen molar-refractivity contribution in [3.8, 4) is 0 Å². The quantitative estimate of drug-likeness (QED) is 0.625. The minimum Gasteiger partial charge on any atom is -0.346 e. The monoisotopic (exact) mass is 182 g/mol. The number of rotatable bonds is 3. The maximum atomic E-state index is 5.25. The molecule has 1 saturated heterocycles. The van der Waals surface area contributed by atoms with Crippen molar-refractivity contribution in [2.45, 2.75) is 20.1 Å². The van der Waals surface area contributed by atoms with Gasteiger partial charge in [0.25, 0.3) is 0 Å². The molecule has 1 heterocycles. The van der Waals surface area contributed by atoms with Gasteiger partial charge in [-0.2, -0.15) is 0 Å². The summed E-state index contributed by atoms with van der Waals surface area (Å²) >= 11 is 0. The summed E-state index contributed by atoms with van der Waals surface area (Å²) in [5, 5.41) is 0. The highest BCUT2D eigenvalue weighted by Crippen LogP contribution is 2.14. The molecule has 0 aromatic carbocycles. The van der Waals surface area contributed by atoms with Crippen LogP contribution >= 0.6 is 0 Å². The van der Waals surface area contributed by atoms with Crippen LogP contribution < -0.4 is 0 Å². The largest absolute Gasteiger partial charge is 0.346 e. The second-order valence-electron chi connectivity index (χ2n) is 2.18. The van der Waals surface area contributed by atoms with Crippen molar-refractivity contribution in [3.05, 3.63) is 37.0 Å². The average molecular weight is 182 g/mol. The molecule has 0 amide bonds. The highest BCUT2D eigenvalue weighted by Gasteiger charge is 2.17. The predicted molar refractivity (Wildman–Crippen MR) is 55.5 cm³/mol. The normalized spacial score (nSPS) is 17.5. The Morgan fingerprint density at radius 1 is 1.23 bits per heavy atom. The van der Waals surface area contributed by atoms with Crippen LogP contribution in [-0.4, -0.2) is 19.5 Å². The van der Waals surface area contributed by atoms with Crippen LogP contribution in [0.3, 0.4) is 0 Å². The first-order valence-corrected chi connectivity index (χ1v) is 4.56. The Morgan fingerprint density at radius 3 is 2.15 bits per heavy atom. The molecule has 0 saturated carbocycles. The lowest BCUT2D eigenvalue weighted by molar-refractivity contribution is -0.00827.